The number of nitrogens with two attached hydrogens (primary N) is 1. The summed E-state index contributed by atoms with van der Waals surface area (Å²) in [6.45, 7) is 0. The third kappa shape index (κ3) is 1.56. The maximum absolute atomic E-state index is 12.7. The van der Waals surface area contributed by atoms with E-state index in [2.05, 4.69) is 5.10 Å². The average molecular weight is 219 g/mol. The van der Waals surface area contributed by atoms with E-state index in [0.717, 1.165) is 0 Å². The first-order valence-corrected chi connectivity index (χ1v) is 4.67. The number of benzene rings is 1. The van der Waals surface area contributed by atoms with Crippen molar-refractivity contribution in [2.24, 2.45) is 7.05 Å². The van der Waals surface area contributed by atoms with Gasteiger partial charge in [-0.2, -0.15) is 5.10 Å². The van der Waals surface area contributed by atoms with Gasteiger partial charge in [-0.3, -0.25) is 9.48 Å². The number of hydrogen-bond acceptors (Lipinski definition) is 3. The Labute approximate surface area is 91.5 Å². The number of aromatic nitrogens is 2. The summed E-state index contributed by atoms with van der Waals surface area (Å²) < 4.78 is 14.2. The molecule has 0 spiro atoms. The molecule has 82 valence electrons. The third-order valence-corrected chi connectivity index (χ3v) is 2.37. The number of hydrogen-bond donors (Lipinski definition) is 1. The van der Waals surface area contributed by atoms with Gasteiger partial charge in [-0.1, -0.05) is 0 Å². The quantitative estimate of drug-likeness (QED) is 0.781. The number of rotatable bonds is 2. The van der Waals surface area contributed by atoms with Crippen molar-refractivity contribution in [3.05, 3.63) is 35.6 Å². The molecule has 0 aliphatic rings. The zero-order valence-electron chi connectivity index (χ0n) is 8.64. The molecule has 0 bridgehead atoms. The van der Waals surface area contributed by atoms with Gasteiger partial charge in [-0.05, 0) is 24.3 Å². The lowest BCUT2D eigenvalue weighted by Crippen LogP contribution is -1.98. The Morgan fingerprint density at radius 3 is 2.56 bits per heavy atom. The Morgan fingerprint density at radius 2 is 2.00 bits per heavy atom. The van der Waals surface area contributed by atoms with Crippen molar-refractivity contribution in [3.63, 3.8) is 0 Å². The summed E-state index contributed by atoms with van der Waals surface area (Å²) in [7, 11) is 1.65. The molecule has 0 saturated heterocycles. The normalized spacial score (nSPS) is 10.4. The molecule has 0 aliphatic carbocycles. The standard InChI is InChI=1S/C11H10FN3O/c1-15-11(13)9(6-16)10(14-15)7-2-4-8(12)5-3-7/h2-6H,13H2,1H3. The molecule has 5 heteroatoms. The highest BCUT2D eigenvalue weighted by Gasteiger charge is 2.14. The van der Waals surface area contributed by atoms with Crippen LogP contribution in [0.1, 0.15) is 10.4 Å². The minimum atomic E-state index is -0.333. The fourth-order valence-electron chi connectivity index (χ4n) is 1.49. The van der Waals surface area contributed by atoms with E-state index < -0.39 is 0 Å². The van der Waals surface area contributed by atoms with E-state index in [1.807, 2.05) is 0 Å². The number of halogens is 1. The number of nitrogens with zero attached hydrogens (tertiary/aromatic N) is 2. The molecule has 2 N–H and O–H groups in total. The SMILES string of the molecule is Cn1nc(-c2ccc(F)cc2)c(C=O)c1N. The van der Waals surface area contributed by atoms with Crippen molar-refractivity contribution in [1.82, 2.24) is 9.78 Å². The van der Waals surface area contributed by atoms with Gasteiger partial charge in [0.2, 0.25) is 0 Å². The predicted molar refractivity (Wildman–Crippen MR) is 58.4 cm³/mol. The highest BCUT2D eigenvalue weighted by atomic mass is 19.1. The van der Waals surface area contributed by atoms with Crippen molar-refractivity contribution in [2.75, 3.05) is 5.73 Å². The van der Waals surface area contributed by atoms with E-state index in [4.69, 9.17) is 5.73 Å². The topological polar surface area (TPSA) is 60.9 Å². The molecule has 0 atom stereocenters. The van der Waals surface area contributed by atoms with Crippen molar-refractivity contribution in [1.29, 1.82) is 0 Å². The lowest BCUT2D eigenvalue weighted by atomic mass is 10.1. The van der Waals surface area contributed by atoms with Gasteiger partial charge in [0.05, 0.1) is 5.56 Å². The maximum atomic E-state index is 12.7. The summed E-state index contributed by atoms with van der Waals surface area (Å²) in [6, 6.07) is 5.75. The van der Waals surface area contributed by atoms with Crippen LogP contribution in [0, 0.1) is 5.82 Å². The van der Waals surface area contributed by atoms with Gasteiger partial charge in [0.1, 0.15) is 17.3 Å². The molecule has 0 fully saturated rings. The number of carbonyl (C=O) groups is 1. The monoisotopic (exact) mass is 219 g/mol. The van der Waals surface area contributed by atoms with Gasteiger partial charge in [0.25, 0.3) is 0 Å². The van der Waals surface area contributed by atoms with E-state index in [-0.39, 0.29) is 5.82 Å². The van der Waals surface area contributed by atoms with Crippen LogP contribution >= 0.6 is 0 Å². The van der Waals surface area contributed by atoms with Gasteiger partial charge in [0, 0.05) is 12.6 Å². The van der Waals surface area contributed by atoms with E-state index >= 15 is 0 Å². The molecule has 0 aliphatic heterocycles. The second-order valence-corrected chi connectivity index (χ2v) is 3.40. The first-order chi connectivity index (χ1) is 7.63. The fraction of sp³-hybridized carbons (Fsp3) is 0.0909. The molecule has 1 heterocycles. The highest BCUT2D eigenvalue weighted by Crippen LogP contribution is 2.25. The zero-order valence-corrected chi connectivity index (χ0v) is 8.64. The van der Waals surface area contributed by atoms with Crippen molar-refractivity contribution in [2.45, 2.75) is 0 Å². The largest absolute Gasteiger partial charge is 0.383 e. The predicted octanol–water partition coefficient (Wildman–Crippen LogP) is 1.62. The van der Waals surface area contributed by atoms with E-state index in [0.29, 0.717) is 28.9 Å². The van der Waals surface area contributed by atoms with E-state index in [9.17, 15) is 9.18 Å². The van der Waals surface area contributed by atoms with Gasteiger partial charge in [-0.15, -0.1) is 0 Å². The third-order valence-electron chi connectivity index (χ3n) is 2.37. The fourth-order valence-corrected chi connectivity index (χ4v) is 1.49. The molecule has 16 heavy (non-hydrogen) atoms. The Balaban J connectivity index is 2.59. The summed E-state index contributed by atoms with van der Waals surface area (Å²) in [5.74, 6) is -0.0327. The summed E-state index contributed by atoms with van der Waals surface area (Å²) in [5, 5.41) is 4.12. The van der Waals surface area contributed by atoms with Crippen LogP contribution in [-0.4, -0.2) is 16.1 Å². The Kier molecular flexibility index (Phi) is 2.44. The molecule has 2 rings (SSSR count). The summed E-state index contributed by atoms with van der Waals surface area (Å²) in [5.41, 5.74) is 7.13. The molecule has 0 amide bonds. The minimum Gasteiger partial charge on any atom is -0.383 e. The highest BCUT2D eigenvalue weighted by molar-refractivity contribution is 5.91. The number of aryl methyl sites for hydroxylation is 1. The number of nitrogen functional groups attached to an aromatic ring is 1. The number of carbonyl (C=O) groups excluding carboxylic acids is 1. The summed E-state index contributed by atoms with van der Waals surface area (Å²) in [4.78, 5) is 10.9. The van der Waals surface area contributed by atoms with Crippen LogP contribution in [0.5, 0.6) is 0 Å². The van der Waals surface area contributed by atoms with Crippen LogP contribution in [0.15, 0.2) is 24.3 Å². The van der Waals surface area contributed by atoms with Gasteiger partial charge < -0.3 is 5.73 Å². The number of aldehydes is 1. The van der Waals surface area contributed by atoms with Crippen LogP contribution in [-0.2, 0) is 7.05 Å². The van der Waals surface area contributed by atoms with Crippen LogP contribution in [0.25, 0.3) is 11.3 Å². The molecular formula is C11H10FN3O. The molecule has 2 aromatic rings. The molecule has 4 nitrogen and oxygen atoms in total. The lowest BCUT2D eigenvalue weighted by molar-refractivity contribution is 0.112. The minimum absolute atomic E-state index is 0.300. The molecule has 1 aromatic carbocycles. The van der Waals surface area contributed by atoms with Crippen LogP contribution < -0.4 is 5.73 Å². The Hall–Kier alpha value is -2.17. The average Bonchev–Trinajstić information content (AvgIpc) is 2.56. The first kappa shape index (κ1) is 10.4. The Morgan fingerprint density at radius 1 is 1.38 bits per heavy atom. The van der Waals surface area contributed by atoms with E-state index in [1.54, 1.807) is 19.2 Å². The first-order valence-electron chi connectivity index (χ1n) is 4.67. The van der Waals surface area contributed by atoms with Crippen molar-refractivity contribution in [3.8, 4) is 11.3 Å². The Bertz CT molecular complexity index is 531. The van der Waals surface area contributed by atoms with Gasteiger partial charge in [0.15, 0.2) is 6.29 Å². The molecule has 0 unspecified atom stereocenters. The van der Waals surface area contributed by atoms with Gasteiger partial charge >= 0.3 is 0 Å². The molecular weight excluding hydrogens is 209 g/mol. The van der Waals surface area contributed by atoms with Crippen LogP contribution in [0.4, 0.5) is 10.2 Å². The summed E-state index contributed by atoms with van der Waals surface area (Å²) in [6.07, 6.45) is 0.654. The maximum Gasteiger partial charge on any atom is 0.156 e. The molecule has 0 radical (unpaired) electrons. The van der Waals surface area contributed by atoms with Crippen molar-refractivity contribution >= 4 is 12.1 Å². The smallest absolute Gasteiger partial charge is 0.156 e. The lowest BCUT2D eigenvalue weighted by Gasteiger charge is -1.97. The van der Waals surface area contributed by atoms with E-state index in [1.165, 1.54) is 16.8 Å². The second-order valence-electron chi connectivity index (χ2n) is 3.40. The van der Waals surface area contributed by atoms with Crippen LogP contribution in [0.2, 0.25) is 0 Å². The van der Waals surface area contributed by atoms with Crippen molar-refractivity contribution < 1.29 is 9.18 Å². The summed E-state index contributed by atoms with van der Waals surface area (Å²) >= 11 is 0. The second kappa shape index (κ2) is 3.77. The van der Waals surface area contributed by atoms with Gasteiger partial charge in [-0.25, -0.2) is 4.39 Å². The van der Waals surface area contributed by atoms with Crippen LogP contribution in [0.3, 0.4) is 0 Å². The number of anilines is 1. The molecule has 1 aromatic heterocycles. The molecule has 0 saturated carbocycles. The zero-order chi connectivity index (χ0) is 11.7.